The van der Waals surface area contributed by atoms with Gasteiger partial charge in [0, 0.05) is 11.1 Å². The summed E-state index contributed by atoms with van der Waals surface area (Å²) >= 11 is 24.0. The van der Waals surface area contributed by atoms with Gasteiger partial charge < -0.3 is 0 Å². The number of benzene rings is 2. The monoisotopic (exact) mass is 318 g/mol. The first-order valence-corrected chi connectivity index (χ1v) is 6.45. The molecule has 0 amide bonds. The summed E-state index contributed by atoms with van der Waals surface area (Å²) in [6.45, 7) is 0. The quantitative estimate of drug-likeness (QED) is 0.506. The highest BCUT2D eigenvalue weighted by molar-refractivity contribution is 6.49. The van der Waals surface area contributed by atoms with Gasteiger partial charge in [0.1, 0.15) is 0 Å². The summed E-state index contributed by atoms with van der Waals surface area (Å²) in [6.07, 6.45) is 0.691. The Bertz CT molecular complexity index is 623. The van der Waals surface area contributed by atoms with Crippen molar-refractivity contribution in [3.8, 4) is 11.1 Å². The van der Waals surface area contributed by atoms with Crippen molar-refractivity contribution in [3.05, 3.63) is 56.0 Å². The number of hydrogen-bond acceptors (Lipinski definition) is 1. The fourth-order valence-electron chi connectivity index (χ4n) is 1.63. The van der Waals surface area contributed by atoms with Crippen LogP contribution in [-0.2, 0) is 0 Å². The van der Waals surface area contributed by atoms with Crippen molar-refractivity contribution in [2.45, 2.75) is 0 Å². The van der Waals surface area contributed by atoms with Crippen molar-refractivity contribution < 1.29 is 4.79 Å². The summed E-state index contributed by atoms with van der Waals surface area (Å²) in [5.74, 6) is 0. The van der Waals surface area contributed by atoms with Crippen molar-refractivity contribution in [1.82, 2.24) is 0 Å². The largest absolute Gasteiger partial charge is 0.298 e. The van der Waals surface area contributed by atoms with Crippen molar-refractivity contribution in [2.75, 3.05) is 0 Å². The van der Waals surface area contributed by atoms with Gasteiger partial charge in [-0.2, -0.15) is 0 Å². The Hall–Kier alpha value is -0.730. The minimum Gasteiger partial charge on any atom is -0.298 e. The second-order valence-corrected chi connectivity index (χ2v) is 5.11. The molecule has 0 spiro atoms. The van der Waals surface area contributed by atoms with Gasteiger partial charge >= 0.3 is 0 Å². The van der Waals surface area contributed by atoms with Gasteiger partial charge in [-0.3, -0.25) is 4.79 Å². The number of hydrogen-bond donors (Lipinski definition) is 0. The predicted molar refractivity (Wildman–Crippen MR) is 77.3 cm³/mol. The van der Waals surface area contributed by atoms with Gasteiger partial charge in [-0.05, 0) is 17.7 Å². The van der Waals surface area contributed by atoms with Crippen molar-refractivity contribution in [1.29, 1.82) is 0 Å². The van der Waals surface area contributed by atoms with E-state index in [2.05, 4.69) is 0 Å². The summed E-state index contributed by atoms with van der Waals surface area (Å²) in [5.41, 5.74) is 1.62. The molecule has 0 bridgehead atoms. The molecule has 0 saturated carbocycles. The maximum Gasteiger partial charge on any atom is 0.152 e. The lowest BCUT2D eigenvalue weighted by atomic mass is 10.0. The molecule has 18 heavy (non-hydrogen) atoms. The Labute approximate surface area is 124 Å². The number of carbonyl (C=O) groups excluding carboxylic acids is 1. The maximum atomic E-state index is 11.1. The highest BCUT2D eigenvalue weighted by Gasteiger charge is 2.14. The molecule has 0 aliphatic rings. The van der Waals surface area contributed by atoms with E-state index < -0.39 is 0 Å². The molecule has 0 atom stereocenters. The predicted octanol–water partition coefficient (Wildman–Crippen LogP) is 5.78. The van der Waals surface area contributed by atoms with E-state index in [1.54, 1.807) is 30.3 Å². The van der Waals surface area contributed by atoms with Crippen LogP contribution in [0.4, 0.5) is 0 Å². The van der Waals surface area contributed by atoms with Gasteiger partial charge in [-0.25, -0.2) is 0 Å². The van der Waals surface area contributed by atoms with Crippen LogP contribution in [-0.4, -0.2) is 6.29 Å². The molecule has 0 unspecified atom stereocenters. The maximum absolute atomic E-state index is 11.1. The molecule has 5 heteroatoms. The van der Waals surface area contributed by atoms with E-state index in [1.807, 2.05) is 0 Å². The van der Waals surface area contributed by atoms with Gasteiger partial charge in [-0.15, -0.1) is 0 Å². The Morgan fingerprint density at radius 1 is 0.778 bits per heavy atom. The lowest BCUT2D eigenvalue weighted by Crippen LogP contribution is -1.90. The molecule has 92 valence electrons. The fraction of sp³-hybridized carbons (Fsp3) is 0. The molecule has 0 heterocycles. The van der Waals surface area contributed by atoms with E-state index >= 15 is 0 Å². The molecule has 0 aromatic heterocycles. The lowest BCUT2D eigenvalue weighted by Gasteiger charge is -2.10. The van der Waals surface area contributed by atoms with Crippen LogP contribution < -0.4 is 0 Å². The van der Waals surface area contributed by atoms with Crippen LogP contribution in [0.5, 0.6) is 0 Å². The zero-order valence-electron chi connectivity index (χ0n) is 8.88. The third-order valence-corrected chi connectivity index (χ3v) is 4.12. The van der Waals surface area contributed by atoms with Crippen molar-refractivity contribution in [2.24, 2.45) is 0 Å². The molecular formula is C13H6Cl4O. The molecule has 0 aliphatic heterocycles. The van der Waals surface area contributed by atoms with Gasteiger partial charge in [-0.1, -0.05) is 64.6 Å². The van der Waals surface area contributed by atoms with Crippen LogP contribution in [0, 0.1) is 0 Å². The summed E-state index contributed by atoms with van der Waals surface area (Å²) in [6, 6.07) is 8.46. The smallest absolute Gasteiger partial charge is 0.152 e. The average Bonchev–Trinajstić information content (AvgIpc) is 2.36. The molecule has 0 aliphatic carbocycles. The Kier molecular flexibility index (Phi) is 4.18. The van der Waals surface area contributed by atoms with Crippen LogP contribution in [0.25, 0.3) is 11.1 Å². The summed E-state index contributed by atoms with van der Waals surface area (Å²) in [7, 11) is 0. The molecule has 0 fully saturated rings. The van der Waals surface area contributed by atoms with Gasteiger partial charge in [0.2, 0.25) is 0 Å². The Morgan fingerprint density at radius 2 is 1.50 bits per heavy atom. The first-order chi connectivity index (χ1) is 8.56. The number of carbonyl (C=O) groups is 1. The minimum atomic E-state index is 0.257. The number of rotatable bonds is 2. The van der Waals surface area contributed by atoms with Crippen LogP contribution in [0.3, 0.4) is 0 Å². The van der Waals surface area contributed by atoms with Crippen LogP contribution in [0.1, 0.15) is 10.4 Å². The fourth-order valence-corrected chi connectivity index (χ4v) is 2.48. The average molecular weight is 320 g/mol. The SMILES string of the molecule is O=Cc1c(Cl)cccc1-c1ccc(Cl)c(Cl)c1Cl. The van der Waals surface area contributed by atoms with Gasteiger partial charge in [0.05, 0.1) is 20.1 Å². The van der Waals surface area contributed by atoms with Gasteiger partial charge in [0.25, 0.3) is 0 Å². The molecule has 2 aromatic rings. The van der Waals surface area contributed by atoms with Crippen LogP contribution in [0.2, 0.25) is 20.1 Å². The summed E-state index contributed by atoms with van der Waals surface area (Å²) < 4.78 is 0. The number of halogens is 4. The summed E-state index contributed by atoms with van der Waals surface area (Å²) in [4.78, 5) is 11.1. The van der Waals surface area contributed by atoms with Crippen molar-refractivity contribution >= 4 is 52.7 Å². The minimum absolute atomic E-state index is 0.257. The Morgan fingerprint density at radius 3 is 2.17 bits per heavy atom. The van der Waals surface area contributed by atoms with E-state index in [4.69, 9.17) is 46.4 Å². The molecule has 1 nitrogen and oxygen atoms in total. The molecule has 2 rings (SSSR count). The molecule has 0 N–H and O–H groups in total. The second kappa shape index (κ2) is 5.50. The third kappa shape index (κ3) is 2.36. The standard InChI is InChI=1S/C13H6Cl4O/c14-10-3-1-2-7(9(10)6-18)8-4-5-11(15)13(17)12(8)16/h1-6H. The van der Waals surface area contributed by atoms with E-state index in [1.165, 1.54) is 0 Å². The van der Waals surface area contributed by atoms with E-state index in [0.29, 0.717) is 38.0 Å². The highest BCUT2D eigenvalue weighted by atomic mass is 35.5. The summed E-state index contributed by atoms with van der Waals surface area (Å²) in [5, 5.41) is 1.28. The van der Waals surface area contributed by atoms with E-state index in [9.17, 15) is 4.79 Å². The van der Waals surface area contributed by atoms with Gasteiger partial charge in [0.15, 0.2) is 6.29 Å². The Balaban J connectivity index is 2.74. The molecule has 2 aromatic carbocycles. The highest BCUT2D eigenvalue weighted by Crippen LogP contribution is 2.39. The van der Waals surface area contributed by atoms with E-state index in [-0.39, 0.29) is 5.02 Å². The second-order valence-electron chi connectivity index (χ2n) is 3.54. The zero-order valence-corrected chi connectivity index (χ0v) is 11.9. The topological polar surface area (TPSA) is 17.1 Å². The molecular weight excluding hydrogens is 314 g/mol. The first kappa shape index (κ1) is 13.7. The van der Waals surface area contributed by atoms with Crippen LogP contribution in [0.15, 0.2) is 30.3 Å². The zero-order chi connectivity index (χ0) is 13.3. The lowest BCUT2D eigenvalue weighted by molar-refractivity contribution is 0.112. The first-order valence-electron chi connectivity index (χ1n) is 4.94. The van der Waals surface area contributed by atoms with E-state index in [0.717, 1.165) is 0 Å². The van der Waals surface area contributed by atoms with Crippen molar-refractivity contribution in [3.63, 3.8) is 0 Å². The normalized spacial score (nSPS) is 10.4. The van der Waals surface area contributed by atoms with Crippen LogP contribution >= 0.6 is 46.4 Å². The number of aldehydes is 1. The third-order valence-electron chi connectivity index (χ3n) is 2.50. The molecule has 0 radical (unpaired) electrons. The molecule has 0 saturated heterocycles.